The molecule has 0 aliphatic carbocycles. The number of nitrogens with one attached hydrogen (secondary N) is 1. The van der Waals surface area contributed by atoms with E-state index < -0.39 is 0 Å². The molecule has 2 rings (SSSR count). The van der Waals surface area contributed by atoms with Crippen LogP contribution in [0.3, 0.4) is 0 Å². The van der Waals surface area contributed by atoms with Crippen molar-refractivity contribution >= 4 is 5.82 Å². The second-order valence-electron chi connectivity index (χ2n) is 4.89. The fourth-order valence-corrected chi connectivity index (χ4v) is 2.50. The Kier molecular flexibility index (Phi) is 4.93. The second-order valence-corrected chi connectivity index (χ2v) is 4.89. The summed E-state index contributed by atoms with van der Waals surface area (Å²) in [5, 5.41) is 3.42. The van der Waals surface area contributed by atoms with Gasteiger partial charge in [0, 0.05) is 30.8 Å². The summed E-state index contributed by atoms with van der Waals surface area (Å²) in [5.74, 6) is 1.55. The van der Waals surface area contributed by atoms with E-state index >= 15 is 0 Å². The lowest BCUT2D eigenvalue weighted by Crippen LogP contribution is -2.23. The first-order valence-corrected chi connectivity index (χ1v) is 6.99. The molecule has 0 amide bonds. The molecule has 0 bridgehead atoms. The number of ether oxygens (including phenoxy) is 1. The largest absolute Gasteiger partial charge is 0.378 e. The summed E-state index contributed by atoms with van der Waals surface area (Å²) in [6.07, 6.45) is 6.44. The Balaban J connectivity index is 1.87. The Morgan fingerprint density at radius 3 is 3.06 bits per heavy atom. The molecule has 1 fully saturated rings. The second kappa shape index (κ2) is 6.69. The third kappa shape index (κ3) is 3.42. The molecule has 0 aromatic carbocycles. The molecule has 4 nitrogen and oxygen atoms in total. The van der Waals surface area contributed by atoms with Gasteiger partial charge in [-0.25, -0.2) is 9.97 Å². The summed E-state index contributed by atoms with van der Waals surface area (Å²) in [6, 6.07) is 2.06. The zero-order valence-corrected chi connectivity index (χ0v) is 11.4. The summed E-state index contributed by atoms with van der Waals surface area (Å²) in [5.41, 5.74) is 1.12. The van der Waals surface area contributed by atoms with Crippen molar-refractivity contribution in [2.75, 3.05) is 18.5 Å². The fourth-order valence-electron chi connectivity index (χ4n) is 2.50. The van der Waals surface area contributed by atoms with Gasteiger partial charge in [0.1, 0.15) is 12.1 Å². The van der Waals surface area contributed by atoms with Crippen LogP contribution in [0.5, 0.6) is 0 Å². The first kappa shape index (κ1) is 13.3. The lowest BCUT2D eigenvalue weighted by Gasteiger charge is -2.17. The van der Waals surface area contributed by atoms with Gasteiger partial charge in [0.15, 0.2) is 0 Å². The number of anilines is 1. The van der Waals surface area contributed by atoms with E-state index in [1.807, 2.05) is 0 Å². The summed E-state index contributed by atoms with van der Waals surface area (Å²) in [7, 11) is 0. The fraction of sp³-hybridized carbons (Fsp3) is 0.714. The van der Waals surface area contributed by atoms with E-state index in [-0.39, 0.29) is 0 Å². The van der Waals surface area contributed by atoms with Crippen molar-refractivity contribution in [1.82, 2.24) is 9.97 Å². The highest BCUT2D eigenvalue weighted by molar-refractivity contribution is 5.34. The lowest BCUT2D eigenvalue weighted by atomic mass is 10.00. The number of nitrogens with zero attached hydrogens (tertiary/aromatic N) is 2. The van der Waals surface area contributed by atoms with Gasteiger partial charge in [-0.3, -0.25) is 0 Å². The molecule has 18 heavy (non-hydrogen) atoms. The molecule has 4 heteroatoms. The molecule has 100 valence electrons. The summed E-state index contributed by atoms with van der Waals surface area (Å²) in [6.45, 7) is 6.20. The van der Waals surface area contributed by atoms with Gasteiger partial charge in [0.25, 0.3) is 0 Å². The molecule has 1 saturated heterocycles. The maximum absolute atomic E-state index is 5.69. The van der Waals surface area contributed by atoms with E-state index in [4.69, 9.17) is 4.74 Å². The maximum atomic E-state index is 5.69. The molecule has 1 N–H and O–H groups in total. The average Bonchev–Trinajstić information content (AvgIpc) is 2.84. The third-order valence-corrected chi connectivity index (χ3v) is 3.52. The zero-order chi connectivity index (χ0) is 12.8. The Morgan fingerprint density at radius 1 is 1.39 bits per heavy atom. The lowest BCUT2D eigenvalue weighted by molar-refractivity contribution is 0.0900. The van der Waals surface area contributed by atoms with Gasteiger partial charge in [0.05, 0.1) is 6.10 Å². The van der Waals surface area contributed by atoms with Crippen LogP contribution in [0.1, 0.15) is 38.8 Å². The zero-order valence-electron chi connectivity index (χ0n) is 11.4. The molecule has 1 aromatic rings. The van der Waals surface area contributed by atoms with Gasteiger partial charge < -0.3 is 10.1 Å². The van der Waals surface area contributed by atoms with Gasteiger partial charge in [0.2, 0.25) is 0 Å². The molecule has 1 aromatic heterocycles. The number of hydrogen-bond acceptors (Lipinski definition) is 4. The Labute approximate surface area is 109 Å². The smallest absolute Gasteiger partial charge is 0.129 e. The predicted molar refractivity (Wildman–Crippen MR) is 72.7 cm³/mol. The Hall–Kier alpha value is -1.16. The van der Waals surface area contributed by atoms with Crippen LogP contribution in [-0.2, 0) is 11.2 Å². The van der Waals surface area contributed by atoms with Crippen LogP contribution < -0.4 is 5.32 Å². The first-order valence-electron chi connectivity index (χ1n) is 6.99. The van der Waals surface area contributed by atoms with Crippen molar-refractivity contribution in [3.8, 4) is 0 Å². The van der Waals surface area contributed by atoms with E-state index in [1.54, 1.807) is 6.33 Å². The SMILES string of the molecule is CCCc1cc(NCC2CCOC2CC)ncn1. The molecular weight excluding hydrogens is 226 g/mol. The van der Waals surface area contributed by atoms with E-state index in [9.17, 15) is 0 Å². The summed E-state index contributed by atoms with van der Waals surface area (Å²) in [4.78, 5) is 8.53. The van der Waals surface area contributed by atoms with Gasteiger partial charge in [-0.15, -0.1) is 0 Å². The summed E-state index contributed by atoms with van der Waals surface area (Å²) < 4.78 is 5.69. The quantitative estimate of drug-likeness (QED) is 0.842. The van der Waals surface area contributed by atoms with Gasteiger partial charge in [-0.1, -0.05) is 20.3 Å². The molecule has 1 aliphatic rings. The van der Waals surface area contributed by atoms with Crippen molar-refractivity contribution in [1.29, 1.82) is 0 Å². The van der Waals surface area contributed by atoms with Gasteiger partial charge in [-0.2, -0.15) is 0 Å². The van der Waals surface area contributed by atoms with E-state index in [0.717, 1.165) is 50.3 Å². The van der Waals surface area contributed by atoms with E-state index in [1.165, 1.54) is 0 Å². The Bertz CT molecular complexity index is 370. The molecule has 2 unspecified atom stereocenters. The van der Waals surface area contributed by atoms with Crippen molar-refractivity contribution in [3.05, 3.63) is 18.1 Å². The van der Waals surface area contributed by atoms with Crippen LogP contribution >= 0.6 is 0 Å². The van der Waals surface area contributed by atoms with E-state index in [2.05, 4.69) is 35.2 Å². The highest BCUT2D eigenvalue weighted by Crippen LogP contribution is 2.23. The van der Waals surface area contributed by atoms with Crippen LogP contribution in [0.4, 0.5) is 5.82 Å². The van der Waals surface area contributed by atoms with Crippen LogP contribution in [-0.4, -0.2) is 29.2 Å². The third-order valence-electron chi connectivity index (χ3n) is 3.52. The summed E-state index contributed by atoms with van der Waals surface area (Å²) >= 11 is 0. The molecule has 0 radical (unpaired) electrons. The van der Waals surface area contributed by atoms with Crippen LogP contribution in [0.2, 0.25) is 0 Å². The minimum Gasteiger partial charge on any atom is -0.378 e. The Morgan fingerprint density at radius 2 is 2.28 bits per heavy atom. The number of aromatic nitrogens is 2. The molecule has 0 saturated carbocycles. The molecule has 0 spiro atoms. The number of hydrogen-bond donors (Lipinski definition) is 1. The highest BCUT2D eigenvalue weighted by Gasteiger charge is 2.26. The average molecular weight is 249 g/mol. The van der Waals surface area contributed by atoms with Crippen LogP contribution in [0.25, 0.3) is 0 Å². The highest BCUT2D eigenvalue weighted by atomic mass is 16.5. The van der Waals surface area contributed by atoms with Crippen LogP contribution in [0.15, 0.2) is 12.4 Å². The standard InChI is InChI=1S/C14H23N3O/c1-3-5-12-8-14(17-10-16-12)15-9-11-6-7-18-13(11)4-2/h8,10-11,13H,3-7,9H2,1-2H3,(H,15,16,17). The van der Waals surface area contributed by atoms with Gasteiger partial charge >= 0.3 is 0 Å². The molecule has 1 aliphatic heterocycles. The predicted octanol–water partition coefficient (Wildman–Crippen LogP) is 2.66. The van der Waals surface area contributed by atoms with E-state index in [0.29, 0.717) is 12.0 Å². The molecular formula is C14H23N3O. The molecule has 2 atom stereocenters. The van der Waals surface area contributed by atoms with Crippen molar-refractivity contribution in [3.63, 3.8) is 0 Å². The number of aryl methyl sites for hydroxylation is 1. The van der Waals surface area contributed by atoms with Crippen molar-refractivity contribution < 1.29 is 4.74 Å². The number of rotatable bonds is 6. The molecule has 2 heterocycles. The minimum absolute atomic E-state index is 0.412. The van der Waals surface area contributed by atoms with Gasteiger partial charge in [-0.05, 0) is 19.3 Å². The van der Waals surface area contributed by atoms with Crippen molar-refractivity contribution in [2.24, 2.45) is 5.92 Å². The van der Waals surface area contributed by atoms with Crippen LogP contribution in [0, 0.1) is 5.92 Å². The van der Waals surface area contributed by atoms with Crippen molar-refractivity contribution in [2.45, 2.75) is 45.6 Å². The normalized spacial score (nSPS) is 23.2. The first-order chi connectivity index (χ1) is 8.83. The monoisotopic (exact) mass is 249 g/mol. The maximum Gasteiger partial charge on any atom is 0.129 e. The minimum atomic E-state index is 0.412. The topological polar surface area (TPSA) is 47.0 Å².